The lowest BCUT2D eigenvalue weighted by molar-refractivity contribution is -0.118. The van der Waals surface area contributed by atoms with Gasteiger partial charge in [-0.1, -0.05) is 12.1 Å². The van der Waals surface area contributed by atoms with Crippen LogP contribution in [-0.2, 0) is 4.79 Å². The van der Waals surface area contributed by atoms with Crippen LogP contribution in [0.1, 0.15) is 6.92 Å². The van der Waals surface area contributed by atoms with Crippen LogP contribution in [0.3, 0.4) is 0 Å². The highest BCUT2D eigenvalue weighted by Crippen LogP contribution is 2.24. The molecule has 0 radical (unpaired) electrons. The second-order valence-corrected chi connectivity index (χ2v) is 5.29. The molecule has 116 valence electrons. The summed E-state index contributed by atoms with van der Waals surface area (Å²) in [7, 11) is 0. The topological polar surface area (TPSA) is 47.6 Å². The van der Waals surface area contributed by atoms with E-state index in [4.69, 9.17) is 9.47 Å². The average Bonchev–Trinajstić information content (AvgIpc) is 2.55. The molecule has 0 spiro atoms. The summed E-state index contributed by atoms with van der Waals surface area (Å²) in [4.78, 5) is 13.0. The normalized spacial score (nSPS) is 10.1. The molecule has 5 heteroatoms. The number of carbonyl (C=O) groups excluding carboxylic acids is 1. The van der Waals surface area contributed by atoms with E-state index in [9.17, 15) is 4.79 Å². The molecule has 0 aliphatic rings. The molecule has 0 saturated heterocycles. The van der Waals surface area contributed by atoms with Crippen molar-refractivity contribution >= 4 is 23.4 Å². The zero-order chi connectivity index (χ0) is 15.8. The average molecular weight is 317 g/mol. The SMILES string of the molecule is CCOc1ccc(OCC(=O)Nc2ccccc2SC)cc1. The van der Waals surface area contributed by atoms with Gasteiger partial charge in [-0.15, -0.1) is 11.8 Å². The molecule has 0 atom stereocenters. The van der Waals surface area contributed by atoms with Gasteiger partial charge in [0.1, 0.15) is 11.5 Å². The Balaban J connectivity index is 1.87. The Kier molecular flexibility index (Phi) is 6.15. The molecule has 0 bridgehead atoms. The number of carbonyl (C=O) groups is 1. The largest absolute Gasteiger partial charge is 0.494 e. The first-order chi connectivity index (χ1) is 10.7. The van der Waals surface area contributed by atoms with Crippen molar-refractivity contribution in [2.75, 3.05) is 24.8 Å². The number of rotatable bonds is 7. The standard InChI is InChI=1S/C17H19NO3S/c1-3-20-13-8-10-14(11-9-13)21-12-17(19)18-15-6-4-5-7-16(15)22-2/h4-11H,3,12H2,1-2H3,(H,18,19). The quantitative estimate of drug-likeness (QED) is 0.789. The summed E-state index contributed by atoms with van der Waals surface area (Å²) >= 11 is 1.59. The van der Waals surface area contributed by atoms with Gasteiger partial charge in [-0.25, -0.2) is 0 Å². The monoisotopic (exact) mass is 317 g/mol. The van der Waals surface area contributed by atoms with Gasteiger partial charge in [0.25, 0.3) is 5.91 Å². The van der Waals surface area contributed by atoms with E-state index in [1.165, 1.54) is 0 Å². The first kappa shape index (κ1) is 16.2. The van der Waals surface area contributed by atoms with Crippen molar-refractivity contribution in [1.29, 1.82) is 0 Å². The summed E-state index contributed by atoms with van der Waals surface area (Å²) in [5, 5.41) is 2.85. The summed E-state index contributed by atoms with van der Waals surface area (Å²) in [6.07, 6.45) is 1.97. The first-order valence-corrected chi connectivity index (χ1v) is 8.24. The van der Waals surface area contributed by atoms with E-state index in [2.05, 4.69) is 5.32 Å². The minimum Gasteiger partial charge on any atom is -0.494 e. The summed E-state index contributed by atoms with van der Waals surface area (Å²) in [5.74, 6) is 1.24. The smallest absolute Gasteiger partial charge is 0.262 e. The Morgan fingerprint density at radius 1 is 1.05 bits per heavy atom. The van der Waals surface area contributed by atoms with Crippen molar-refractivity contribution in [1.82, 2.24) is 0 Å². The predicted octanol–water partition coefficient (Wildman–Crippen LogP) is 3.82. The number of benzene rings is 2. The van der Waals surface area contributed by atoms with Gasteiger partial charge < -0.3 is 14.8 Å². The number of hydrogen-bond donors (Lipinski definition) is 1. The highest BCUT2D eigenvalue weighted by atomic mass is 32.2. The van der Waals surface area contributed by atoms with Gasteiger partial charge in [-0.2, -0.15) is 0 Å². The lowest BCUT2D eigenvalue weighted by atomic mass is 10.3. The van der Waals surface area contributed by atoms with E-state index in [-0.39, 0.29) is 12.5 Å². The molecule has 0 fully saturated rings. The van der Waals surface area contributed by atoms with Crippen LogP contribution in [0.25, 0.3) is 0 Å². The molecular formula is C17H19NO3S. The first-order valence-electron chi connectivity index (χ1n) is 7.01. The van der Waals surface area contributed by atoms with Crippen molar-refractivity contribution in [3.63, 3.8) is 0 Å². The molecular weight excluding hydrogens is 298 g/mol. The minimum atomic E-state index is -0.185. The maximum absolute atomic E-state index is 12.0. The van der Waals surface area contributed by atoms with Crippen LogP contribution in [0.5, 0.6) is 11.5 Å². The van der Waals surface area contributed by atoms with Gasteiger partial charge in [-0.05, 0) is 49.6 Å². The second kappa shape index (κ2) is 8.34. The van der Waals surface area contributed by atoms with Crippen LogP contribution < -0.4 is 14.8 Å². The van der Waals surface area contributed by atoms with Crippen LogP contribution in [0.2, 0.25) is 0 Å². The highest BCUT2D eigenvalue weighted by Gasteiger charge is 2.07. The molecule has 0 saturated carbocycles. The number of ether oxygens (including phenoxy) is 2. The fourth-order valence-corrected chi connectivity index (χ4v) is 2.44. The Hall–Kier alpha value is -2.14. The van der Waals surface area contributed by atoms with E-state index in [0.717, 1.165) is 16.3 Å². The Labute approximate surface area is 134 Å². The second-order valence-electron chi connectivity index (χ2n) is 4.44. The Morgan fingerprint density at radius 3 is 2.32 bits per heavy atom. The van der Waals surface area contributed by atoms with Crippen LogP contribution >= 0.6 is 11.8 Å². The molecule has 0 aliphatic carbocycles. The molecule has 0 unspecified atom stereocenters. The van der Waals surface area contributed by atoms with Crippen molar-refractivity contribution in [2.45, 2.75) is 11.8 Å². The molecule has 2 aromatic carbocycles. The zero-order valence-corrected chi connectivity index (χ0v) is 13.5. The minimum absolute atomic E-state index is 0.0311. The Morgan fingerprint density at radius 2 is 1.68 bits per heavy atom. The van der Waals surface area contributed by atoms with E-state index in [0.29, 0.717) is 12.4 Å². The molecule has 1 N–H and O–H groups in total. The van der Waals surface area contributed by atoms with Crippen LogP contribution in [0.4, 0.5) is 5.69 Å². The van der Waals surface area contributed by atoms with Gasteiger partial charge in [0, 0.05) is 4.90 Å². The highest BCUT2D eigenvalue weighted by molar-refractivity contribution is 7.98. The maximum atomic E-state index is 12.0. The summed E-state index contributed by atoms with van der Waals surface area (Å²) in [5.41, 5.74) is 0.801. The number of para-hydroxylation sites is 1. The van der Waals surface area contributed by atoms with E-state index < -0.39 is 0 Å². The van der Waals surface area contributed by atoms with Crippen molar-refractivity contribution in [2.24, 2.45) is 0 Å². The molecule has 2 aromatic rings. The number of hydrogen-bond acceptors (Lipinski definition) is 4. The van der Waals surface area contributed by atoms with Crippen LogP contribution in [-0.4, -0.2) is 25.4 Å². The summed E-state index contributed by atoms with van der Waals surface area (Å²) in [6.45, 7) is 2.52. The number of nitrogens with one attached hydrogen (secondary N) is 1. The van der Waals surface area contributed by atoms with Crippen molar-refractivity contribution in [3.05, 3.63) is 48.5 Å². The summed E-state index contributed by atoms with van der Waals surface area (Å²) < 4.78 is 10.8. The lowest BCUT2D eigenvalue weighted by Gasteiger charge is -2.10. The van der Waals surface area contributed by atoms with Gasteiger partial charge in [0.2, 0.25) is 0 Å². The van der Waals surface area contributed by atoms with E-state index >= 15 is 0 Å². The third-order valence-electron chi connectivity index (χ3n) is 2.89. The fourth-order valence-electron chi connectivity index (χ4n) is 1.88. The molecule has 0 aromatic heterocycles. The molecule has 22 heavy (non-hydrogen) atoms. The van der Waals surface area contributed by atoms with Crippen LogP contribution in [0.15, 0.2) is 53.4 Å². The Bertz CT molecular complexity index is 614. The lowest BCUT2D eigenvalue weighted by Crippen LogP contribution is -2.20. The summed E-state index contributed by atoms with van der Waals surface area (Å²) in [6, 6.07) is 14.9. The molecule has 0 aliphatic heterocycles. The fraction of sp³-hybridized carbons (Fsp3) is 0.235. The van der Waals surface area contributed by atoms with Crippen LogP contribution in [0, 0.1) is 0 Å². The third-order valence-corrected chi connectivity index (χ3v) is 3.68. The molecule has 1 amide bonds. The number of amides is 1. The van der Waals surface area contributed by atoms with E-state index in [1.807, 2.05) is 49.6 Å². The van der Waals surface area contributed by atoms with Gasteiger partial charge in [-0.3, -0.25) is 4.79 Å². The van der Waals surface area contributed by atoms with Gasteiger partial charge >= 0.3 is 0 Å². The zero-order valence-electron chi connectivity index (χ0n) is 12.7. The van der Waals surface area contributed by atoms with Crippen molar-refractivity contribution in [3.8, 4) is 11.5 Å². The third kappa shape index (κ3) is 4.70. The van der Waals surface area contributed by atoms with E-state index in [1.54, 1.807) is 23.9 Å². The molecule has 0 heterocycles. The maximum Gasteiger partial charge on any atom is 0.262 e. The number of thioether (sulfide) groups is 1. The van der Waals surface area contributed by atoms with Gasteiger partial charge in [0.15, 0.2) is 6.61 Å². The van der Waals surface area contributed by atoms with Crippen molar-refractivity contribution < 1.29 is 14.3 Å². The predicted molar refractivity (Wildman–Crippen MR) is 90.0 cm³/mol. The number of anilines is 1. The molecule has 4 nitrogen and oxygen atoms in total. The molecule has 2 rings (SSSR count). The van der Waals surface area contributed by atoms with Gasteiger partial charge in [0.05, 0.1) is 12.3 Å².